The van der Waals surface area contributed by atoms with Crippen LogP contribution >= 0.6 is 0 Å². The highest BCUT2D eigenvalue weighted by Gasteiger charge is 2.17. The van der Waals surface area contributed by atoms with Gasteiger partial charge in [-0.15, -0.1) is 0 Å². The summed E-state index contributed by atoms with van der Waals surface area (Å²) in [6, 6.07) is 0. The predicted molar refractivity (Wildman–Crippen MR) is 48.8 cm³/mol. The largest absolute Gasteiger partial charge is 0.301 e. The van der Waals surface area contributed by atoms with Crippen molar-refractivity contribution in [2.45, 2.75) is 25.2 Å². The molecule has 4 nitrogen and oxygen atoms in total. The molecule has 0 radical (unpaired) electrons. The van der Waals surface area contributed by atoms with E-state index in [0.29, 0.717) is 12.3 Å². The fourth-order valence-electron chi connectivity index (χ4n) is 1.87. The molecular weight excluding hydrogens is 152 g/mol. The molecule has 2 saturated heterocycles. The van der Waals surface area contributed by atoms with Gasteiger partial charge in [0.25, 0.3) is 0 Å². The van der Waals surface area contributed by atoms with Crippen molar-refractivity contribution in [3.05, 3.63) is 0 Å². The van der Waals surface area contributed by atoms with E-state index < -0.39 is 0 Å². The van der Waals surface area contributed by atoms with E-state index in [-0.39, 0.29) is 0 Å². The zero-order valence-corrected chi connectivity index (χ0v) is 7.40. The molecule has 0 aromatic heterocycles. The van der Waals surface area contributed by atoms with E-state index in [9.17, 15) is 0 Å². The van der Waals surface area contributed by atoms with Gasteiger partial charge in [-0.05, 0) is 12.8 Å². The first-order valence-electron chi connectivity index (χ1n) is 4.89. The smallest absolute Gasteiger partial charge is 0.0573 e. The zero-order chi connectivity index (χ0) is 8.23. The van der Waals surface area contributed by atoms with Crippen LogP contribution in [0.2, 0.25) is 0 Å². The molecule has 2 fully saturated rings. The quantitative estimate of drug-likeness (QED) is 0.430. The summed E-state index contributed by atoms with van der Waals surface area (Å²) >= 11 is 0. The van der Waals surface area contributed by atoms with E-state index >= 15 is 0 Å². The lowest BCUT2D eigenvalue weighted by molar-refractivity contribution is 0.425. The molecule has 2 rings (SSSR count). The summed E-state index contributed by atoms with van der Waals surface area (Å²) in [6.45, 7) is 4.48. The summed E-state index contributed by atoms with van der Waals surface area (Å²) in [5.41, 5.74) is 0. The molecule has 2 heterocycles. The third-order valence-electron chi connectivity index (χ3n) is 2.56. The molecule has 0 unspecified atom stereocenters. The highest BCUT2D eigenvalue weighted by atomic mass is 15.2. The van der Waals surface area contributed by atoms with Crippen LogP contribution in [0.3, 0.4) is 0 Å². The van der Waals surface area contributed by atoms with Gasteiger partial charge in [-0.1, -0.05) is 0 Å². The molecule has 0 bridgehead atoms. The molecule has 12 heavy (non-hydrogen) atoms. The van der Waals surface area contributed by atoms with Crippen LogP contribution in [0.4, 0.5) is 0 Å². The topological polar surface area (TPSA) is 48.1 Å². The number of hydrogen-bond acceptors (Lipinski definition) is 4. The van der Waals surface area contributed by atoms with Crippen molar-refractivity contribution in [2.75, 3.05) is 26.2 Å². The van der Waals surface area contributed by atoms with Crippen LogP contribution in [0, 0.1) is 0 Å². The number of hydrogen-bond donors (Lipinski definition) is 4. The fraction of sp³-hybridized carbons (Fsp3) is 1.00. The third kappa shape index (κ3) is 2.17. The lowest BCUT2D eigenvalue weighted by atomic mass is 10.2. The van der Waals surface area contributed by atoms with Crippen molar-refractivity contribution in [1.29, 1.82) is 0 Å². The third-order valence-corrected chi connectivity index (χ3v) is 2.56. The van der Waals surface area contributed by atoms with E-state index in [1.165, 1.54) is 12.8 Å². The van der Waals surface area contributed by atoms with Crippen molar-refractivity contribution < 1.29 is 0 Å². The molecule has 0 aliphatic carbocycles. The lowest BCUT2D eigenvalue weighted by Gasteiger charge is -2.14. The first kappa shape index (κ1) is 8.44. The van der Waals surface area contributed by atoms with Gasteiger partial charge >= 0.3 is 0 Å². The van der Waals surface area contributed by atoms with Crippen molar-refractivity contribution in [2.24, 2.45) is 0 Å². The highest BCUT2D eigenvalue weighted by molar-refractivity contribution is 4.78. The van der Waals surface area contributed by atoms with Crippen LogP contribution in [-0.2, 0) is 0 Å². The first-order chi connectivity index (χ1) is 5.95. The van der Waals surface area contributed by atoms with E-state index in [2.05, 4.69) is 21.3 Å². The van der Waals surface area contributed by atoms with Crippen LogP contribution in [0.5, 0.6) is 0 Å². The molecular formula is C8H18N4. The summed E-state index contributed by atoms with van der Waals surface area (Å²) < 4.78 is 0. The van der Waals surface area contributed by atoms with Crippen molar-refractivity contribution in [1.82, 2.24) is 21.3 Å². The Morgan fingerprint density at radius 3 is 1.33 bits per heavy atom. The number of nitrogens with one attached hydrogen (secondary N) is 4. The Labute approximate surface area is 73.5 Å². The standard InChI is InChI=1S/C8H18N4/c1(7-9-3-4-10-7)2-8-11-5-6-12-8/h7-12H,1-6H2. The van der Waals surface area contributed by atoms with Gasteiger partial charge < -0.3 is 21.3 Å². The Morgan fingerprint density at radius 2 is 1.00 bits per heavy atom. The van der Waals surface area contributed by atoms with E-state index in [1.54, 1.807) is 0 Å². The van der Waals surface area contributed by atoms with Gasteiger partial charge in [-0.25, -0.2) is 0 Å². The minimum atomic E-state index is 0.550. The van der Waals surface area contributed by atoms with Gasteiger partial charge in [0.05, 0.1) is 12.3 Å². The Morgan fingerprint density at radius 1 is 0.667 bits per heavy atom. The minimum Gasteiger partial charge on any atom is -0.301 e. The summed E-state index contributed by atoms with van der Waals surface area (Å²) in [7, 11) is 0. The summed E-state index contributed by atoms with van der Waals surface area (Å²) in [4.78, 5) is 0. The maximum absolute atomic E-state index is 3.41. The van der Waals surface area contributed by atoms with Crippen molar-refractivity contribution in [3.63, 3.8) is 0 Å². The monoisotopic (exact) mass is 170 g/mol. The molecule has 4 heteroatoms. The lowest BCUT2D eigenvalue weighted by Crippen LogP contribution is -2.36. The normalized spacial score (nSPS) is 27.0. The van der Waals surface area contributed by atoms with Gasteiger partial charge in [-0.2, -0.15) is 0 Å². The SMILES string of the molecule is C1CNC(CCC2NCCN2)N1. The van der Waals surface area contributed by atoms with Gasteiger partial charge in [0, 0.05) is 26.2 Å². The van der Waals surface area contributed by atoms with Crippen molar-refractivity contribution >= 4 is 0 Å². The predicted octanol–water partition coefficient (Wildman–Crippen LogP) is -1.20. The van der Waals surface area contributed by atoms with E-state index in [0.717, 1.165) is 26.2 Å². The molecule has 0 amide bonds. The molecule has 0 aromatic carbocycles. The second-order valence-electron chi connectivity index (χ2n) is 3.50. The summed E-state index contributed by atoms with van der Waals surface area (Å²) in [6.07, 6.45) is 3.53. The molecule has 0 saturated carbocycles. The zero-order valence-electron chi connectivity index (χ0n) is 7.40. The van der Waals surface area contributed by atoms with E-state index in [1.807, 2.05) is 0 Å². The molecule has 70 valence electrons. The van der Waals surface area contributed by atoms with Crippen LogP contribution < -0.4 is 21.3 Å². The second kappa shape index (κ2) is 4.18. The van der Waals surface area contributed by atoms with Gasteiger partial charge in [0.15, 0.2) is 0 Å². The van der Waals surface area contributed by atoms with E-state index in [4.69, 9.17) is 0 Å². The van der Waals surface area contributed by atoms with Crippen LogP contribution in [0.1, 0.15) is 12.8 Å². The number of rotatable bonds is 3. The Balaban J connectivity index is 1.60. The Bertz CT molecular complexity index is 111. The van der Waals surface area contributed by atoms with Crippen LogP contribution in [-0.4, -0.2) is 38.5 Å². The molecule has 0 spiro atoms. The first-order valence-corrected chi connectivity index (χ1v) is 4.89. The van der Waals surface area contributed by atoms with Gasteiger partial charge in [0.1, 0.15) is 0 Å². The van der Waals surface area contributed by atoms with Crippen molar-refractivity contribution in [3.8, 4) is 0 Å². The highest BCUT2D eigenvalue weighted by Crippen LogP contribution is 2.02. The summed E-state index contributed by atoms with van der Waals surface area (Å²) in [5, 5.41) is 13.7. The Hall–Kier alpha value is -0.160. The Kier molecular flexibility index (Phi) is 2.94. The maximum atomic E-state index is 3.41. The fourth-order valence-corrected chi connectivity index (χ4v) is 1.87. The molecule has 2 aliphatic rings. The maximum Gasteiger partial charge on any atom is 0.0573 e. The molecule has 2 aliphatic heterocycles. The molecule has 0 aromatic rings. The average molecular weight is 170 g/mol. The minimum absolute atomic E-state index is 0.550. The van der Waals surface area contributed by atoms with Gasteiger partial charge in [-0.3, -0.25) is 0 Å². The summed E-state index contributed by atoms with van der Waals surface area (Å²) in [5.74, 6) is 0. The van der Waals surface area contributed by atoms with Gasteiger partial charge in [0.2, 0.25) is 0 Å². The average Bonchev–Trinajstić information content (AvgIpc) is 2.74. The molecule has 0 atom stereocenters. The van der Waals surface area contributed by atoms with Crippen LogP contribution in [0.25, 0.3) is 0 Å². The van der Waals surface area contributed by atoms with Crippen LogP contribution in [0.15, 0.2) is 0 Å². The molecule has 4 N–H and O–H groups in total. The second-order valence-corrected chi connectivity index (χ2v) is 3.50.